The Morgan fingerprint density at radius 2 is 1.28 bits per heavy atom. The van der Waals surface area contributed by atoms with Crippen molar-refractivity contribution in [1.82, 2.24) is 20.3 Å². The van der Waals surface area contributed by atoms with Crippen LogP contribution in [0.2, 0.25) is 0 Å². The molecule has 6 nitrogen and oxygen atoms in total. The minimum Gasteiger partial charge on any atom is -0.508 e. The summed E-state index contributed by atoms with van der Waals surface area (Å²) in [6, 6.07) is 26.9. The van der Waals surface area contributed by atoms with E-state index in [2.05, 4.69) is 117 Å². The first-order valence-corrected chi connectivity index (χ1v) is 18.0. The summed E-state index contributed by atoms with van der Waals surface area (Å²) < 4.78 is 0. The topological polar surface area (TPSA) is 97.0 Å². The zero-order valence-electron chi connectivity index (χ0n) is 30.4. The summed E-state index contributed by atoms with van der Waals surface area (Å²) in [6.45, 7) is 14.2. The predicted molar refractivity (Wildman–Crippen MR) is 238 cm³/mol. The monoisotopic (exact) mass is 735 g/mol. The number of para-hydroxylation sites is 1. The van der Waals surface area contributed by atoms with E-state index in [-0.39, 0.29) is 43.2 Å². The van der Waals surface area contributed by atoms with E-state index in [0.29, 0.717) is 5.75 Å². The molecule has 53 heavy (non-hydrogen) atoms. The standard InChI is InChI=1S/C10H11N.C8H10O.C8H10.C6H12O.C5H8N2.C5H11N.5CH4/c1-2-8-7-11-10-6-4-3-5-9(8)10;1-2-7-3-5-8(9)6-4-7;1-2-8-6-4-3-5-7-8;1-5-2-3-6(7)4-5;1-2-5-3-6-4-7-5;1-5-3-2-4-6-5;;;;;/h3-7,11H,2H2,1H3;3-6,9H,2H2,1H3;3-7H,2H2,1H3;5-7H,2-4H2,1H3;3-4H,2H2,1H3,(H,6,7);5-6H,2-4H2,1H3;5*1H4. The van der Waals surface area contributed by atoms with Crippen LogP contribution in [-0.2, 0) is 25.7 Å². The van der Waals surface area contributed by atoms with Gasteiger partial charge in [-0.3, -0.25) is 0 Å². The van der Waals surface area contributed by atoms with E-state index in [1.54, 1.807) is 18.5 Å². The smallest absolute Gasteiger partial charge is 0.115 e. The van der Waals surface area contributed by atoms with Crippen molar-refractivity contribution in [1.29, 1.82) is 0 Å². The molecule has 1 saturated heterocycles. The number of aliphatic hydroxyl groups excluding tert-OH is 1. The Hall–Kier alpha value is -3.87. The number of aromatic hydroxyl groups is 1. The minimum atomic E-state index is 0. The van der Waals surface area contributed by atoms with E-state index < -0.39 is 0 Å². The van der Waals surface area contributed by atoms with Crippen molar-refractivity contribution in [2.24, 2.45) is 5.92 Å². The van der Waals surface area contributed by atoms with Crippen LogP contribution in [0.4, 0.5) is 0 Å². The summed E-state index contributed by atoms with van der Waals surface area (Å²) in [5.74, 6) is 1.11. The van der Waals surface area contributed by atoms with Gasteiger partial charge in [-0.1, -0.05) is 132 Å². The number of aryl methyl sites for hydroxylation is 4. The number of nitrogens with zero attached hydrogens (tertiary/aromatic N) is 1. The van der Waals surface area contributed by atoms with Gasteiger partial charge in [0.05, 0.1) is 12.4 Å². The van der Waals surface area contributed by atoms with E-state index in [1.165, 1.54) is 59.1 Å². The van der Waals surface area contributed by atoms with Gasteiger partial charge in [-0.05, 0) is 112 Å². The van der Waals surface area contributed by atoms with Crippen molar-refractivity contribution in [3.63, 3.8) is 0 Å². The van der Waals surface area contributed by atoms with E-state index >= 15 is 0 Å². The third kappa shape index (κ3) is 24.1. The van der Waals surface area contributed by atoms with Gasteiger partial charge in [-0.25, -0.2) is 4.98 Å². The number of phenols is 1. The van der Waals surface area contributed by atoms with Crippen molar-refractivity contribution < 1.29 is 10.2 Å². The van der Waals surface area contributed by atoms with Gasteiger partial charge < -0.3 is 25.5 Å². The van der Waals surface area contributed by atoms with Gasteiger partial charge in [0.2, 0.25) is 0 Å². The molecule has 0 amide bonds. The number of hydrogen-bond acceptors (Lipinski definition) is 4. The van der Waals surface area contributed by atoms with Gasteiger partial charge in [0.1, 0.15) is 5.75 Å². The largest absolute Gasteiger partial charge is 0.508 e. The summed E-state index contributed by atoms with van der Waals surface area (Å²) in [7, 11) is 0. The van der Waals surface area contributed by atoms with E-state index in [1.807, 2.05) is 24.4 Å². The molecule has 5 N–H and O–H groups in total. The molecule has 0 spiro atoms. The lowest BCUT2D eigenvalue weighted by Crippen LogP contribution is -2.16. The van der Waals surface area contributed by atoms with Crippen molar-refractivity contribution in [2.45, 2.75) is 149 Å². The highest BCUT2D eigenvalue weighted by atomic mass is 16.3. The highest BCUT2D eigenvalue weighted by molar-refractivity contribution is 5.82. The average molecular weight is 735 g/mol. The third-order valence-electron chi connectivity index (χ3n) is 8.56. The molecule has 2 fully saturated rings. The summed E-state index contributed by atoms with van der Waals surface area (Å²) >= 11 is 0. The molecule has 3 unspecified atom stereocenters. The number of aromatic nitrogens is 3. The number of rotatable bonds is 4. The molecule has 6 heteroatoms. The van der Waals surface area contributed by atoms with E-state index in [9.17, 15) is 0 Å². The Morgan fingerprint density at radius 1 is 0.679 bits per heavy atom. The maximum Gasteiger partial charge on any atom is 0.115 e. The van der Waals surface area contributed by atoms with Gasteiger partial charge >= 0.3 is 0 Å². The fourth-order valence-corrected chi connectivity index (χ4v) is 5.38. The molecule has 1 aliphatic carbocycles. The Kier molecular flexibility index (Phi) is 35.8. The van der Waals surface area contributed by atoms with Crippen molar-refractivity contribution in [3.05, 3.63) is 120 Å². The van der Waals surface area contributed by atoms with Crippen LogP contribution in [-0.4, -0.2) is 43.9 Å². The number of aliphatic hydroxyl groups is 1. The number of fused-ring (bicyclic) bond motifs is 1. The summed E-state index contributed by atoms with van der Waals surface area (Å²) in [4.78, 5) is 10.1. The number of phenolic OH excluding ortho intramolecular Hbond substituents is 1. The third-order valence-corrected chi connectivity index (χ3v) is 8.56. The van der Waals surface area contributed by atoms with Crippen LogP contribution in [0.15, 0.2) is 97.6 Å². The van der Waals surface area contributed by atoms with Gasteiger partial charge in [0.15, 0.2) is 0 Å². The molecule has 3 heterocycles. The second-order valence-electron chi connectivity index (χ2n) is 12.6. The van der Waals surface area contributed by atoms with Crippen LogP contribution < -0.4 is 5.32 Å². The zero-order valence-corrected chi connectivity index (χ0v) is 30.4. The predicted octanol–water partition coefficient (Wildman–Crippen LogP) is 13.0. The molecule has 3 atom stereocenters. The Labute approximate surface area is 327 Å². The number of benzene rings is 3. The van der Waals surface area contributed by atoms with Crippen LogP contribution in [0, 0.1) is 5.92 Å². The molecule has 302 valence electrons. The van der Waals surface area contributed by atoms with Crippen LogP contribution in [0.5, 0.6) is 5.75 Å². The lowest BCUT2D eigenvalue weighted by molar-refractivity contribution is 0.179. The van der Waals surface area contributed by atoms with Gasteiger partial charge in [-0.15, -0.1) is 0 Å². The van der Waals surface area contributed by atoms with Gasteiger partial charge in [-0.2, -0.15) is 0 Å². The fraction of sp³-hybridized carbons (Fsp3) is 0.511. The van der Waals surface area contributed by atoms with Gasteiger partial charge in [0, 0.05) is 35.0 Å². The lowest BCUT2D eigenvalue weighted by Gasteiger charge is -1.95. The molecule has 1 aliphatic heterocycles. The first-order valence-electron chi connectivity index (χ1n) is 18.0. The van der Waals surface area contributed by atoms with Gasteiger partial charge in [0.25, 0.3) is 0 Å². The zero-order chi connectivity index (χ0) is 35.0. The maximum absolute atomic E-state index is 8.90. The summed E-state index contributed by atoms with van der Waals surface area (Å²) in [5.41, 5.74) is 6.50. The first-order chi connectivity index (χ1) is 23.3. The molecule has 2 aromatic heterocycles. The highest BCUT2D eigenvalue weighted by Gasteiger charge is 2.17. The average Bonchev–Trinajstić information content (AvgIpc) is 3.96. The van der Waals surface area contributed by atoms with Crippen molar-refractivity contribution >= 4 is 10.9 Å². The molecular weight excluding hydrogens is 653 g/mol. The van der Waals surface area contributed by atoms with E-state index in [4.69, 9.17) is 10.2 Å². The van der Waals surface area contributed by atoms with Crippen LogP contribution in [0.1, 0.15) is 133 Å². The number of hydrogen-bond donors (Lipinski definition) is 5. The fourth-order valence-electron chi connectivity index (χ4n) is 5.38. The van der Waals surface area contributed by atoms with Crippen molar-refractivity contribution in [3.8, 4) is 5.75 Å². The van der Waals surface area contributed by atoms with Crippen molar-refractivity contribution in [2.75, 3.05) is 6.54 Å². The minimum absolute atomic E-state index is 0. The maximum atomic E-state index is 8.90. The Balaban J connectivity index is -0.000000270. The highest BCUT2D eigenvalue weighted by Crippen LogP contribution is 2.23. The summed E-state index contributed by atoms with van der Waals surface area (Å²) in [5, 5.41) is 22.4. The number of nitrogens with one attached hydrogen (secondary N) is 3. The van der Waals surface area contributed by atoms with Crippen LogP contribution >= 0.6 is 0 Å². The van der Waals surface area contributed by atoms with Crippen LogP contribution in [0.25, 0.3) is 10.9 Å². The quantitative estimate of drug-likeness (QED) is 0.127. The van der Waals surface area contributed by atoms with Crippen LogP contribution in [0.3, 0.4) is 0 Å². The molecule has 1 saturated carbocycles. The Morgan fingerprint density at radius 3 is 1.66 bits per heavy atom. The second kappa shape index (κ2) is 33.9. The molecule has 5 aromatic rings. The number of aromatic amines is 2. The Bertz CT molecular complexity index is 1440. The first kappa shape index (κ1) is 55.9. The molecule has 0 radical (unpaired) electrons. The molecule has 2 aliphatic rings. The number of H-pyrrole nitrogens is 2. The molecule has 3 aromatic carbocycles. The number of imidazole rings is 1. The molecular formula is C47H82N4O2. The molecule has 0 bridgehead atoms. The summed E-state index contributed by atoms with van der Waals surface area (Å²) in [6.07, 6.45) is 16.0. The second-order valence-corrected chi connectivity index (χ2v) is 12.6. The lowest BCUT2D eigenvalue weighted by atomic mass is 10.1. The SMILES string of the molecule is C.C.C.C.C.CC1CCC(O)C1.CC1CCCN1.CCc1c[nH]c2ccccc12.CCc1ccc(O)cc1.CCc1ccccc1.CCc1cnc[nH]1. The van der Waals surface area contributed by atoms with E-state index in [0.717, 1.165) is 50.5 Å². The molecule has 7 rings (SSSR count). The normalized spacial score (nSPS) is 15.9.